The molecule has 1 aromatic heterocycles. The standard InChI is InChI=1S/C16H21N5O3/c1-11-7-12(2)15(21(23)24)8-14(11)19-16(22)17-6-4-5-13-9-18-20(3)10-13/h7-10H,4-6H2,1-3H3,(H2,17,19,22). The number of amides is 2. The quantitative estimate of drug-likeness (QED) is 0.482. The van der Waals surface area contributed by atoms with Gasteiger partial charge in [0.25, 0.3) is 5.69 Å². The third-order valence-corrected chi connectivity index (χ3v) is 3.67. The largest absolute Gasteiger partial charge is 0.338 e. The second-order valence-electron chi connectivity index (χ2n) is 5.72. The molecule has 0 aliphatic heterocycles. The summed E-state index contributed by atoms with van der Waals surface area (Å²) in [6.45, 7) is 3.98. The lowest BCUT2D eigenvalue weighted by atomic mass is 10.1. The van der Waals surface area contributed by atoms with Crippen LogP contribution in [0.3, 0.4) is 0 Å². The van der Waals surface area contributed by atoms with Crippen LogP contribution in [0, 0.1) is 24.0 Å². The van der Waals surface area contributed by atoms with Gasteiger partial charge in [0.1, 0.15) is 0 Å². The number of benzene rings is 1. The summed E-state index contributed by atoms with van der Waals surface area (Å²) >= 11 is 0. The third-order valence-electron chi connectivity index (χ3n) is 3.67. The predicted molar refractivity (Wildman–Crippen MR) is 91.1 cm³/mol. The molecule has 0 radical (unpaired) electrons. The minimum absolute atomic E-state index is 0.00697. The van der Waals surface area contributed by atoms with E-state index in [-0.39, 0.29) is 11.7 Å². The minimum Gasteiger partial charge on any atom is -0.338 e. The first-order valence-electron chi connectivity index (χ1n) is 7.65. The summed E-state index contributed by atoms with van der Waals surface area (Å²) in [4.78, 5) is 22.5. The monoisotopic (exact) mass is 331 g/mol. The molecular formula is C16H21N5O3. The van der Waals surface area contributed by atoms with E-state index in [1.807, 2.05) is 13.2 Å². The Bertz CT molecular complexity index is 754. The number of hydrogen-bond donors (Lipinski definition) is 2. The number of aromatic nitrogens is 2. The van der Waals surface area contributed by atoms with Gasteiger partial charge in [-0.3, -0.25) is 14.8 Å². The Kier molecular flexibility index (Phi) is 5.51. The maximum atomic E-state index is 11.9. The van der Waals surface area contributed by atoms with Gasteiger partial charge < -0.3 is 10.6 Å². The molecule has 2 N–H and O–H groups in total. The second kappa shape index (κ2) is 7.58. The average molecular weight is 331 g/mol. The molecule has 8 heteroatoms. The second-order valence-corrected chi connectivity index (χ2v) is 5.72. The Morgan fingerprint density at radius 1 is 1.33 bits per heavy atom. The van der Waals surface area contributed by atoms with Crippen molar-refractivity contribution >= 4 is 17.4 Å². The number of nitrogens with one attached hydrogen (secondary N) is 2. The fourth-order valence-corrected chi connectivity index (χ4v) is 2.43. The number of carbonyl (C=O) groups is 1. The first kappa shape index (κ1) is 17.5. The van der Waals surface area contributed by atoms with Crippen molar-refractivity contribution in [2.75, 3.05) is 11.9 Å². The van der Waals surface area contributed by atoms with E-state index < -0.39 is 4.92 Å². The first-order chi connectivity index (χ1) is 11.4. The van der Waals surface area contributed by atoms with Crippen molar-refractivity contribution < 1.29 is 9.72 Å². The number of urea groups is 1. The maximum Gasteiger partial charge on any atom is 0.319 e. The highest BCUT2D eigenvalue weighted by atomic mass is 16.6. The Hall–Kier alpha value is -2.90. The molecular weight excluding hydrogens is 310 g/mol. The van der Waals surface area contributed by atoms with E-state index in [0.29, 0.717) is 17.8 Å². The summed E-state index contributed by atoms with van der Waals surface area (Å²) in [6.07, 6.45) is 5.35. The van der Waals surface area contributed by atoms with Crippen LogP contribution in [0.5, 0.6) is 0 Å². The SMILES string of the molecule is Cc1cc(C)c([N+](=O)[O-])cc1NC(=O)NCCCc1cnn(C)c1. The van der Waals surface area contributed by atoms with Gasteiger partial charge in [0.05, 0.1) is 16.8 Å². The van der Waals surface area contributed by atoms with Crippen molar-refractivity contribution in [1.82, 2.24) is 15.1 Å². The smallest absolute Gasteiger partial charge is 0.319 e. The van der Waals surface area contributed by atoms with Gasteiger partial charge in [0.2, 0.25) is 0 Å². The number of carbonyl (C=O) groups excluding carboxylic acids is 1. The van der Waals surface area contributed by atoms with Crippen LogP contribution in [0.15, 0.2) is 24.5 Å². The Labute approximate surface area is 140 Å². The third kappa shape index (κ3) is 4.55. The van der Waals surface area contributed by atoms with E-state index in [2.05, 4.69) is 15.7 Å². The van der Waals surface area contributed by atoms with Crippen LogP contribution in [-0.4, -0.2) is 27.3 Å². The molecule has 8 nitrogen and oxygen atoms in total. The summed E-state index contributed by atoms with van der Waals surface area (Å²) in [5.41, 5.74) is 2.90. The van der Waals surface area contributed by atoms with Gasteiger partial charge in [-0.1, -0.05) is 0 Å². The zero-order valence-corrected chi connectivity index (χ0v) is 14.0. The molecule has 2 aromatic rings. The average Bonchev–Trinajstić information content (AvgIpc) is 2.91. The topological polar surface area (TPSA) is 102 Å². The number of anilines is 1. The summed E-state index contributed by atoms with van der Waals surface area (Å²) in [6, 6.07) is 2.71. The first-order valence-corrected chi connectivity index (χ1v) is 7.65. The van der Waals surface area contributed by atoms with Crippen molar-refractivity contribution in [1.29, 1.82) is 0 Å². The van der Waals surface area contributed by atoms with Gasteiger partial charge >= 0.3 is 6.03 Å². The lowest BCUT2D eigenvalue weighted by Crippen LogP contribution is -2.30. The van der Waals surface area contributed by atoms with Crippen molar-refractivity contribution in [3.63, 3.8) is 0 Å². The molecule has 1 heterocycles. The fraction of sp³-hybridized carbons (Fsp3) is 0.375. The lowest BCUT2D eigenvalue weighted by molar-refractivity contribution is -0.385. The molecule has 2 amide bonds. The molecule has 0 bridgehead atoms. The highest BCUT2D eigenvalue weighted by molar-refractivity contribution is 5.90. The summed E-state index contributed by atoms with van der Waals surface area (Å²) in [7, 11) is 1.86. The summed E-state index contributed by atoms with van der Waals surface area (Å²) < 4.78 is 1.74. The molecule has 2 rings (SSSR count). The van der Waals surface area contributed by atoms with Crippen LogP contribution in [0.1, 0.15) is 23.1 Å². The maximum absolute atomic E-state index is 11.9. The van der Waals surface area contributed by atoms with Gasteiger partial charge in [-0.05, 0) is 43.9 Å². The molecule has 1 aromatic carbocycles. The van der Waals surface area contributed by atoms with Crippen LogP contribution in [-0.2, 0) is 13.5 Å². The molecule has 0 spiro atoms. The van der Waals surface area contributed by atoms with Crippen LogP contribution in [0.4, 0.5) is 16.2 Å². The number of hydrogen-bond acceptors (Lipinski definition) is 4. The van der Waals surface area contributed by atoms with E-state index in [0.717, 1.165) is 24.0 Å². The number of nitro groups is 1. The van der Waals surface area contributed by atoms with Crippen molar-refractivity contribution in [3.8, 4) is 0 Å². The minimum atomic E-state index is -0.453. The van der Waals surface area contributed by atoms with Crippen molar-refractivity contribution in [3.05, 3.63) is 51.3 Å². The highest BCUT2D eigenvalue weighted by Gasteiger charge is 2.14. The fourth-order valence-electron chi connectivity index (χ4n) is 2.43. The van der Waals surface area contributed by atoms with Gasteiger partial charge in [-0.2, -0.15) is 5.10 Å². The highest BCUT2D eigenvalue weighted by Crippen LogP contribution is 2.26. The number of rotatable bonds is 6. The number of nitrogens with zero attached hydrogens (tertiary/aromatic N) is 3. The summed E-state index contributed by atoms with van der Waals surface area (Å²) in [5, 5.41) is 20.5. The van der Waals surface area contributed by atoms with Crippen LogP contribution >= 0.6 is 0 Å². The van der Waals surface area contributed by atoms with Crippen LogP contribution in [0.25, 0.3) is 0 Å². The molecule has 0 saturated carbocycles. The van der Waals surface area contributed by atoms with Gasteiger partial charge in [-0.25, -0.2) is 4.79 Å². The molecule has 24 heavy (non-hydrogen) atoms. The van der Waals surface area contributed by atoms with Crippen molar-refractivity contribution in [2.24, 2.45) is 7.05 Å². The summed E-state index contributed by atoms with van der Waals surface area (Å²) in [5.74, 6) is 0. The molecule has 0 fully saturated rings. The predicted octanol–water partition coefficient (Wildman–Crippen LogP) is 2.70. The van der Waals surface area contributed by atoms with Gasteiger partial charge in [0.15, 0.2) is 0 Å². The molecule has 0 aliphatic carbocycles. The van der Waals surface area contributed by atoms with E-state index in [4.69, 9.17) is 0 Å². The van der Waals surface area contributed by atoms with Crippen LogP contribution in [0.2, 0.25) is 0 Å². The van der Waals surface area contributed by atoms with E-state index in [1.165, 1.54) is 6.07 Å². The molecule has 0 atom stereocenters. The molecule has 0 saturated heterocycles. The van der Waals surface area contributed by atoms with Crippen molar-refractivity contribution in [2.45, 2.75) is 26.7 Å². The van der Waals surface area contributed by atoms with E-state index >= 15 is 0 Å². The molecule has 0 aliphatic rings. The Morgan fingerprint density at radius 2 is 2.08 bits per heavy atom. The zero-order chi connectivity index (χ0) is 17.7. The van der Waals surface area contributed by atoms with Gasteiger partial charge in [0, 0.05) is 31.4 Å². The van der Waals surface area contributed by atoms with Gasteiger partial charge in [-0.15, -0.1) is 0 Å². The van der Waals surface area contributed by atoms with E-state index in [9.17, 15) is 14.9 Å². The number of aryl methyl sites for hydroxylation is 4. The molecule has 128 valence electrons. The molecule has 0 unspecified atom stereocenters. The normalized spacial score (nSPS) is 10.5. The Balaban J connectivity index is 1.85. The zero-order valence-electron chi connectivity index (χ0n) is 14.0. The number of nitro benzene ring substituents is 1. The Morgan fingerprint density at radius 3 is 2.71 bits per heavy atom. The van der Waals surface area contributed by atoms with Crippen LogP contribution < -0.4 is 10.6 Å². The lowest BCUT2D eigenvalue weighted by Gasteiger charge is -2.10. The van der Waals surface area contributed by atoms with E-state index in [1.54, 1.807) is 30.8 Å².